The highest BCUT2D eigenvalue weighted by Crippen LogP contribution is 2.47. The lowest BCUT2D eigenvalue weighted by Gasteiger charge is -2.18. The third kappa shape index (κ3) is 3.54. The van der Waals surface area contributed by atoms with E-state index in [1.165, 1.54) is 34.5 Å². The first-order valence-corrected chi connectivity index (χ1v) is 8.25. The molecule has 0 spiro atoms. The van der Waals surface area contributed by atoms with Gasteiger partial charge in [0.2, 0.25) is 5.75 Å². The topological polar surface area (TPSA) is 74.2 Å². The minimum Gasteiger partial charge on any atom is -0.504 e. The normalized spacial score (nSPS) is 10.3. The van der Waals surface area contributed by atoms with Crippen LogP contribution in [-0.2, 0) is 0 Å². The molecule has 6 nitrogen and oxygen atoms in total. The molecule has 0 heterocycles. The van der Waals surface area contributed by atoms with Gasteiger partial charge in [-0.3, -0.25) is 4.79 Å². The number of hydrogen-bond acceptors (Lipinski definition) is 6. The number of hydrogen-bond donors (Lipinski definition) is 1. The smallest absolute Gasteiger partial charge is 0.203 e. The molecule has 2 rings (SSSR count). The number of phenolic OH excluding ortho intramolecular Hbond substituents is 1. The Hall–Kier alpha value is -2.89. The Kier molecular flexibility index (Phi) is 6.33. The summed E-state index contributed by atoms with van der Waals surface area (Å²) in [6, 6.07) is 6.59. The van der Waals surface area contributed by atoms with Gasteiger partial charge >= 0.3 is 0 Å². The highest BCUT2D eigenvalue weighted by molar-refractivity contribution is 6.04. The first-order valence-electron chi connectivity index (χ1n) is 8.25. The molecule has 0 atom stereocenters. The van der Waals surface area contributed by atoms with Gasteiger partial charge in [-0.25, -0.2) is 0 Å². The van der Waals surface area contributed by atoms with Crippen LogP contribution in [0.2, 0.25) is 0 Å². The second-order valence-electron chi connectivity index (χ2n) is 5.62. The van der Waals surface area contributed by atoms with E-state index in [2.05, 4.69) is 0 Å². The second-order valence-corrected chi connectivity index (χ2v) is 5.62. The monoisotopic (exact) mass is 360 g/mol. The molecule has 0 aliphatic rings. The Labute approximate surface area is 153 Å². The van der Waals surface area contributed by atoms with Gasteiger partial charge in [0.1, 0.15) is 0 Å². The zero-order chi connectivity index (χ0) is 19.3. The molecule has 0 radical (unpaired) electrons. The van der Waals surface area contributed by atoms with E-state index >= 15 is 0 Å². The lowest BCUT2D eigenvalue weighted by Crippen LogP contribution is -2.04. The van der Waals surface area contributed by atoms with Crippen LogP contribution >= 0.6 is 0 Å². The van der Waals surface area contributed by atoms with E-state index in [-0.39, 0.29) is 17.3 Å². The van der Waals surface area contributed by atoms with Crippen molar-refractivity contribution in [2.24, 2.45) is 0 Å². The van der Waals surface area contributed by atoms with E-state index in [1.54, 1.807) is 18.2 Å². The maximum absolute atomic E-state index is 12.6. The van der Waals surface area contributed by atoms with Crippen LogP contribution in [0.15, 0.2) is 24.3 Å². The second kappa shape index (κ2) is 8.47. The largest absolute Gasteiger partial charge is 0.504 e. The van der Waals surface area contributed by atoms with Crippen molar-refractivity contribution in [3.8, 4) is 39.9 Å². The average molecular weight is 360 g/mol. The predicted molar refractivity (Wildman–Crippen MR) is 99.0 cm³/mol. The summed E-state index contributed by atoms with van der Waals surface area (Å²) in [5.74, 6) is 1.48. The van der Waals surface area contributed by atoms with Crippen molar-refractivity contribution < 1.29 is 28.8 Å². The van der Waals surface area contributed by atoms with Crippen molar-refractivity contribution in [2.75, 3.05) is 28.4 Å². The van der Waals surface area contributed by atoms with Gasteiger partial charge in [0.15, 0.2) is 28.8 Å². The van der Waals surface area contributed by atoms with E-state index < -0.39 is 0 Å². The van der Waals surface area contributed by atoms with E-state index in [0.29, 0.717) is 46.8 Å². The fourth-order valence-corrected chi connectivity index (χ4v) is 2.86. The highest BCUT2D eigenvalue weighted by Gasteiger charge is 2.23. The van der Waals surface area contributed by atoms with E-state index in [0.717, 1.165) is 0 Å². The summed E-state index contributed by atoms with van der Waals surface area (Å²) in [6.07, 6.45) is 1.07. The van der Waals surface area contributed by atoms with Crippen LogP contribution in [0.4, 0.5) is 0 Å². The van der Waals surface area contributed by atoms with Gasteiger partial charge < -0.3 is 24.1 Å². The van der Waals surface area contributed by atoms with Crippen LogP contribution in [0.5, 0.6) is 28.7 Å². The minimum absolute atomic E-state index is 0.0720. The van der Waals surface area contributed by atoms with Crippen LogP contribution < -0.4 is 18.9 Å². The molecule has 0 saturated carbocycles. The predicted octanol–water partition coefficient (Wildman–Crippen LogP) is 4.08. The lowest BCUT2D eigenvalue weighted by molar-refractivity contribution is 0.0982. The molecule has 0 bridgehead atoms. The molecule has 0 fully saturated rings. The Morgan fingerprint density at radius 3 is 2.08 bits per heavy atom. The molecule has 0 aromatic heterocycles. The zero-order valence-electron chi connectivity index (χ0n) is 15.7. The van der Waals surface area contributed by atoms with Crippen LogP contribution in [0.3, 0.4) is 0 Å². The fraction of sp³-hybridized carbons (Fsp3) is 0.350. The maximum atomic E-state index is 12.6. The number of ketones is 1. The number of methoxy groups -OCH3 is 4. The van der Waals surface area contributed by atoms with Crippen molar-refractivity contribution in [2.45, 2.75) is 19.8 Å². The van der Waals surface area contributed by atoms with Crippen molar-refractivity contribution in [3.05, 3.63) is 29.8 Å². The van der Waals surface area contributed by atoms with Crippen molar-refractivity contribution >= 4 is 5.78 Å². The number of ether oxygens (including phenoxy) is 4. The van der Waals surface area contributed by atoms with Gasteiger partial charge in [-0.1, -0.05) is 6.92 Å². The Morgan fingerprint density at radius 2 is 1.54 bits per heavy atom. The molecule has 6 heteroatoms. The molecule has 0 aliphatic heterocycles. The molecular formula is C20H24O6. The number of carbonyl (C=O) groups excluding carboxylic acids is 1. The first kappa shape index (κ1) is 19.4. The third-order valence-corrected chi connectivity index (χ3v) is 4.09. The standard InChI is InChI=1S/C20H24O6/c1-6-7-15(21)14-10-16(22)18(24-3)11-13(14)12-8-9-17(23-2)20(26-5)19(12)25-4/h8-11,22H,6-7H2,1-5H3. The lowest BCUT2D eigenvalue weighted by atomic mass is 9.93. The molecular weight excluding hydrogens is 336 g/mol. The van der Waals surface area contributed by atoms with Crippen LogP contribution in [-0.4, -0.2) is 39.3 Å². The number of Topliss-reactive ketones (excluding diaryl/α,β-unsaturated/α-hetero) is 1. The molecule has 26 heavy (non-hydrogen) atoms. The van der Waals surface area contributed by atoms with Gasteiger partial charge in [0.25, 0.3) is 0 Å². The van der Waals surface area contributed by atoms with E-state index in [9.17, 15) is 9.90 Å². The fourth-order valence-electron chi connectivity index (χ4n) is 2.86. The van der Waals surface area contributed by atoms with Gasteiger partial charge in [-0.2, -0.15) is 0 Å². The van der Waals surface area contributed by atoms with E-state index in [1.807, 2.05) is 6.92 Å². The maximum Gasteiger partial charge on any atom is 0.203 e. The van der Waals surface area contributed by atoms with Crippen molar-refractivity contribution in [1.29, 1.82) is 0 Å². The van der Waals surface area contributed by atoms with Crippen LogP contribution in [0, 0.1) is 0 Å². The summed E-state index contributed by atoms with van der Waals surface area (Å²) in [4.78, 5) is 12.6. The quantitative estimate of drug-likeness (QED) is 0.715. The summed E-state index contributed by atoms with van der Waals surface area (Å²) in [6.45, 7) is 1.93. The van der Waals surface area contributed by atoms with Crippen LogP contribution in [0.25, 0.3) is 11.1 Å². The molecule has 140 valence electrons. The molecule has 0 amide bonds. The van der Waals surface area contributed by atoms with Crippen molar-refractivity contribution in [3.63, 3.8) is 0 Å². The molecule has 0 unspecified atom stereocenters. The minimum atomic E-state index is -0.0878. The number of carbonyl (C=O) groups is 1. The highest BCUT2D eigenvalue weighted by atomic mass is 16.5. The number of phenols is 1. The summed E-state index contributed by atoms with van der Waals surface area (Å²) >= 11 is 0. The number of aromatic hydroxyl groups is 1. The number of benzene rings is 2. The third-order valence-electron chi connectivity index (χ3n) is 4.09. The zero-order valence-corrected chi connectivity index (χ0v) is 15.7. The summed E-state index contributed by atoms with van der Waals surface area (Å²) in [5, 5.41) is 10.1. The molecule has 2 aromatic carbocycles. The molecule has 1 N–H and O–H groups in total. The van der Waals surface area contributed by atoms with Gasteiger partial charge in [-0.05, 0) is 30.7 Å². The number of rotatable bonds is 8. The summed E-state index contributed by atoms with van der Waals surface area (Å²) in [5.41, 5.74) is 1.63. The summed E-state index contributed by atoms with van der Waals surface area (Å²) < 4.78 is 21.5. The Balaban J connectivity index is 2.80. The van der Waals surface area contributed by atoms with E-state index in [4.69, 9.17) is 18.9 Å². The first-order chi connectivity index (χ1) is 12.5. The Bertz CT molecular complexity index is 797. The molecule has 2 aromatic rings. The summed E-state index contributed by atoms with van der Waals surface area (Å²) in [7, 11) is 6.03. The molecule has 0 saturated heterocycles. The SMILES string of the molecule is CCCC(=O)c1cc(O)c(OC)cc1-c1ccc(OC)c(OC)c1OC. The van der Waals surface area contributed by atoms with Crippen LogP contribution in [0.1, 0.15) is 30.1 Å². The van der Waals surface area contributed by atoms with Gasteiger partial charge in [0.05, 0.1) is 28.4 Å². The Morgan fingerprint density at radius 1 is 0.885 bits per heavy atom. The molecule has 0 aliphatic carbocycles. The van der Waals surface area contributed by atoms with Gasteiger partial charge in [-0.15, -0.1) is 0 Å². The van der Waals surface area contributed by atoms with Gasteiger partial charge in [0, 0.05) is 23.1 Å². The average Bonchev–Trinajstić information content (AvgIpc) is 2.66. The van der Waals surface area contributed by atoms with Crippen molar-refractivity contribution in [1.82, 2.24) is 0 Å².